The first-order valence-electron chi connectivity index (χ1n) is 7.50. The second-order valence-corrected chi connectivity index (χ2v) is 9.88. The van der Waals surface area contributed by atoms with Crippen molar-refractivity contribution in [1.29, 1.82) is 0 Å². The van der Waals surface area contributed by atoms with Gasteiger partial charge in [-0.1, -0.05) is 62.3 Å². The molecule has 0 aliphatic carbocycles. The third-order valence-corrected chi connectivity index (χ3v) is 3.00. The van der Waals surface area contributed by atoms with Gasteiger partial charge < -0.3 is 5.32 Å². The van der Waals surface area contributed by atoms with Gasteiger partial charge in [0, 0.05) is 16.7 Å². The van der Waals surface area contributed by atoms with Crippen molar-refractivity contribution in [2.24, 2.45) is 16.2 Å². The van der Waals surface area contributed by atoms with Crippen LogP contribution >= 0.6 is 0 Å². The Bertz CT molecular complexity index is 316. The molecule has 0 aromatic heterocycles. The average Bonchev–Trinajstić information content (AvgIpc) is 1.91. The minimum atomic E-state index is 0.0877. The van der Waals surface area contributed by atoms with Gasteiger partial charge in [-0.2, -0.15) is 0 Å². The second-order valence-electron chi connectivity index (χ2n) is 9.88. The smallest absolute Gasteiger partial charge is 0.0286 e. The third kappa shape index (κ3) is 6.01. The summed E-state index contributed by atoms with van der Waals surface area (Å²) in [5.41, 5.74) is 3.48. The molecule has 1 heteroatoms. The van der Waals surface area contributed by atoms with E-state index in [9.17, 15) is 0 Å². The molecule has 0 heterocycles. The predicted molar refractivity (Wildman–Crippen MR) is 88.3 cm³/mol. The molecule has 0 aliphatic rings. The van der Waals surface area contributed by atoms with Crippen LogP contribution in [0.25, 0.3) is 0 Å². The quantitative estimate of drug-likeness (QED) is 0.636. The van der Waals surface area contributed by atoms with Gasteiger partial charge in [0.25, 0.3) is 0 Å². The van der Waals surface area contributed by atoms with Gasteiger partial charge in [-0.3, -0.25) is 0 Å². The van der Waals surface area contributed by atoms with Gasteiger partial charge >= 0.3 is 0 Å². The molecule has 0 spiro atoms. The molecule has 1 nitrogen and oxygen atoms in total. The normalized spacial score (nSPS) is 14.3. The standard InChI is InChI=1S/C18H37N/c1-15(2,3)13(16(4,5)6)14(17(7,8)9)19-18(10,11)12/h19H,1-12H3. The van der Waals surface area contributed by atoms with Crippen LogP contribution in [-0.2, 0) is 0 Å². The molecule has 0 unspecified atom stereocenters. The molecule has 0 aromatic rings. The van der Waals surface area contributed by atoms with Crippen LogP contribution in [-0.4, -0.2) is 5.54 Å². The highest BCUT2D eigenvalue weighted by molar-refractivity contribution is 5.29. The van der Waals surface area contributed by atoms with E-state index in [1.807, 2.05) is 0 Å². The molecular formula is C18H37N. The van der Waals surface area contributed by atoms with Crippen LogP contribution in [0.1, 0.15) is 83.1 Å². The Balaban J connectivity index is 6.19. The molecular weight excluding hydrogens is 230 g/mol. The molecule has 0 aliphatic heterocycles. The van der Waals surface area contributed by atoms with Gasteiger partial charge in [0.2, 0.25) is 0 Å². The fourth-order valence-electron chi connectivity index (χ4n) is 2.88. The predicted octanol–water partition coefficient (Wildman–Crippen LogP) is 5.77. The summed E-state index contributed by atoms with van der Waals surface area (Å²) >= 11 is 0. The van der Waals surface area contributed by atoms with Crippen molar-refractivity contribution >= 4 is 0 Å². The molecule has 19 heavy (non-hydrogen) atoms. The highest BCUT2D eigenvalue weighted by Crippen LogP contribution is 2.45. The maximum Gasteiger partial charge on any atom is 0.0286 e. The van der Waals surface area contributed by atoms with E-state index in [0.717, 1.165) is 0 Å². The van der Waals surface area contributed by atoms with Crippen LogP contribution in [0.5, 0.6) is 0 Å². The Labute approximate surface area is 122 Å². The van der Waals surface area contributed by atoms with Crippen LogP contribution in [0.4, 0.5) is 0 Å². The summed E-state index contributed by atoms with van der Waals surface area (Å²) in [6.45, 7) is 27.6. The Morgan fingerprint density at radius 3 is 1.00 bits per heavy atom. The first-order chi connectivity index (χ1) is 7.96. The van der Waals surface area contributed by atoms with Crippen molar-refractivity contribution in [2.75, 3.05) is 0 Å². The Morgan fingerprint density at radius 2 is 0.842 bits per heavy atom. The van der Waals surface area contributed by atoms with Gasteiger partial charge in [0.05, 0.1) is 0 Å². The monoisotopic (exact) mass is 267 g/mol. The molecule has 0 saturated carbocycles. The minimum absolute atomic E-state index is 0.0877. The molecule has 114 valence electrons. The number of hydrogen-bond donors (Lipinski definition) is 1. The fourth-order valence-corrected chi connectivity index (χ4v) is 2.88. The largest absolute Gasteiger partial charge is 0.383 e. The molecule has 0 amide bonds. The van der Waals surface area contributed by atoms with E-state index < -0.39 is 0 Å². The molecule has 0 radical (unpaired) electrons. The first-order valence-corrected chi connectivity index (χ1v) is 7.50. The third-order valence-electron chi connectivity index (χ3n) is 3.00. The van der Waals surface area contributed by atoms with Gasteiger partial charge in [0.15, 0.2) is 0 Å². The van der Waals surface area contributed by atoms with E-state index in [-0.39, 0.29) is 21.8 Å². The number of allylic oxidation sites excluding steroid dienone is 2. The summed E-state index contributed by atoms with van der Waals surface area (Å²) in [5, 5.41) is 3.79. The van der Waals surface area contributed by atoms with Crippen LogP contribution in [0, 0.1) is 16.2 Å². The van der Waals surface area contributed by atoms with Gasteiger partial charge in [-0.25, -0.2) is 0 Å². The average molecular weight is 268 g/mol. The van der Waals surface area contributed by atoms with Crippen molar-refractivity contribution < 1.29 is 0 Å². The van der Waals surface area contributed by atoms with Gasteiger partial charge in [-0.15, -0.1) is 0 Å². The lowest BCUT2D eigenvalue weighted by molar-refractivity contribution is 0.305. The molecule has 0 saturated heterocycles. The molecule has 0 atom stereocenters. The van der Waals surface area contributed by atoms with E-state index in [1.165, 1.54) is 11.3 Å². The molecule has 0 bridgehead atoms. The second kappa shape index (κ2) is 5.14. The summed E-state index contributed by atoms with van der Waals surface area (Å²) < 4.78 is 0. The van der Waals surface area contributed by atoms with Gasteiger partial charge in [0.1, 0.15) is 0 Å². The summed E-state index contributed by atoms with van der Waals surface area (Å²) in [7, 11) is 0. The van der Waals surface area contributed by atoms with Crippen molar-refractivity contribution in [3.63, 3.8) is 0 Å². The topological polar surface area (TPSA) is 12.0 Å². The summed E-state index contributed by atoms with van der Waals surface area (Å²) in [4.78, 5) is 0. The van der Waals surface area contributed by atoms with E-state index in [2.05, 4.69) is 88.4 Å². The summed E-state index contributed by atoms with van der Waals surface area (Å²) in [6.07, 6.45) is 0. The first kappa shape index (κ1) is 18.5. The lowest BCUT2D eigenvalue weighted by atomic mass is 9.67. The van der Waals surface area contributed by atoms with E-state index in [0.29, 0.717) is 0 Å². The zero-order valence-corrected chi connectivity index (χ0v) is 15.5. The molecule has 0 rings (SSSR count). The Hall–Kier alpha value is -0.460. The summed E-state index contributed by atoms with van der Waals surface area (Å²) in [5.74, 6) is 0. The van der Waals surface area contributed by atoms with Crippen LogP contribution in [0.2, 0.25) is 0 Å². The van der Waals surface area contributed by atoms with Gasteiger partial charge in [-0.05, 0) is 37.2 Å². The minimum Gasteiger partial charge on any atom is -0.383 e. The maximum absolute atomic E-state index is 3.79. The van der Waals surface area contributed by atoms with Crippen molar-refractivity contribution in [2.45, 2.75) is 88.6 Å². The number of nitrogens with one attached hydrogen (secondary N) is 1. The number of hydrogen-bond acceptors (Lipinski definition) is 1. The van der Waals surface area contributed by atoms with E-state index in [4.69, 9.17) is 0 Å². The van der Waals surface area contributed by atoms with E-state index >= 15 is 0 Å². The zero-order chi connectivity index (χ0) is 15.9. The number of rotatable bonds is 1. The van der Waals surface area contributed by atoms with E-state index in [1.54, 1.807) is 0 Å². The lowest BCUT2D eigenvalue weighted by Crippen LogP contribution is -2.43. The maximum atomic E-state index is 3.79. The highest BCUT2D eigenvalue weighted by Gasteiger charge is 2.36. The SMILES string of the molecule is CC(C)(C)NC(=C(C(C)(C)C)C(C)(C)C)C(C)(C)C. The highest BCUT2D eigenvalue weighted by atomic mass is 15.0. The summed E-state index contributed by atoms with van der Waals surface area (Å²) in [6, 6.07) is 0. The lowest BCUT2D eigenvalue weighted by Gasteiger charge is -2.43. The fraction of sp³-hybridized carbons (Fsp3) is 0.889. The zero-order valence-electron chi connectivity index (χ0n) is 15.5. The molecule has 0 aromatic carbocycles. The van der Waals surface area contributed by atoms with Crippen LogP contribution in [0.15, 0.2) is 11.3 Å². The Morgan fingerprint density at radius 1 is 0.526 bits per heavy atom. The van der Waals surface area contributed by atoms with Crippen molar-refractivity contribution in [3.05, 3.63) is 11.3 Å². The Kier molecular flexibility index (Phi) is 5.02. The van der Waals surface area contributed by atoms with Crippen molar-refractivity contribution in [3.8, 4) is 0 Å². The van der Waals surface area contributed by atoms with Crippen molar-refractivity contribution in [1.82, 2.24) is 5.32 Å². The molecule has 1 N–H and O–H groups in total. The van der Waals surface area contributed by atoms with Crippen LogP contribution in [0.3, 0.4) is 0 Å². The van der Waals surface area contributed by atoms with Crippen LogP contribution < -0.4 is 5.32 Å². The molecule has 0 fully saturated rings.